The molecule has 0 aliphatic carbocycles. The number of aromatic nitrogens is 3. The number of rotatable bonds is 5. The summed E-state index contributed by atoms with van der Waals surface area (Å²) >= 11 is 0. The fourth-order valence-corrected chi connectivity index (χ4v) is 2.18. The van der Waals surface area contributed by atoms with E-state index < -0.39 is 0 Å². The van der Waals surface area contributed by atoms with Gasteiger partial charge in [0.25, 0.3) is 0 Å². The Morgan fingerprint density at radius 3 is 2.47 bits per heavy atom. The van der Waals surface area contributed by atoms with Gasteiger partial charge in [-0.1, -0.05) is 27.7 Å². The van der Waals surface area contributed by atoms with Crippen molar-refractivity contribution >= 4 is 0 Å². The number of hydrogen-bond donors (Lipinski definition) is 1. The van der Waals surface area contributed by atoms with Crippen LogP contribution < -0.4 is 5.73 Å². The molecule has 0 aromatic carbocycles. The molecule has 17 heavy (non-hydrogen) atoms. The third-order valence-electron chi connectivity index (χ3n) is 2.78. The lowest BCUT2D eigenvalue weighted by atomic mass is 9.87. The van der Waals surface area contributed by atoms with E-state index in [1.807, 2.05) is 6.92 Å². The summed E-state index contributed by atoms with van der Waals surface area (Å²) in [5.41, 5.74) is 6.45. The van der Waals surface area contributed by atoms with Crippen molar-refractivity contribution in [3.8, 4) is 0 Å². The van der Waals surface area contributed by atoms with Gasteiger partial charge in [-0.2, -0.15) is 0 Å². The zero-order valence-electron chi connectivity index (χ0n) is 11.8. The van der Waals surface area contributed by atoms with Gasteiger partial charge in [-0.05, 0) is 25.2 Å². The minimum atomic E-state index is 0.161. The second-order valence-corrected chi connectivity index (χ2v) is 6.04. The smallest absolute Gasteiger partial charge is 0.134 e. The van der Waals surface area contributed by atoms with Crippen LogP contribution in [0.15, 0.2) is 0 Å². The quantitative estimate of drug-likeness (QED) is 0.856. The standard InChI is InChI=1S/C13H26N4/c1-6-7-17-10(2)15-16-12(17)8-11(14)9-13(3,4)5/h11H,6-9,14H2,1-5H3. The number of nitrogens with zero attached hydrogens (tertiary/aromatic N) is 3. The average Bonchev–Trinajstić information content (AvgIpc) is 2.47. The van der Waals surface area contributed by atoms with Crippen molar-refractivity contribution in [2.45, 2.75) is 66.5 Å². The Labute approximate surface area is 105 Å². The van der Waals surface area contributed by atoms with E-state index in [1.54, 1.807) is 0 Å². The summed E-state index contributed by atoms with van der Waals surface area (Å²) in [4.78, 5) is 0. The van der Waals surface area contributed by atoms with Crippen molar-refractivity contribution in [2.75, 3.05) is 0 Å². The van der Waals surface area contributed by atoms with E-state index in [0.717, 1.165) is 37.5 Å². The highest BCUT2D eigenvalue weighted by Gasteiger charge is 2.18. The van der Waals surface area contributed by atoms with E-state index in [-0.39, 0.29) is 11.5 Å². The monoisotopic (exact) mass is 238 g/mol. The van der Waals surface area contributed by atoms with E-state index in [0.29, 0.717) is 0 Å². The van der Waals surface area contributed by atoms with Crippen LogP contribution in [0.1, 0.15) is 52.2 Å². The molecule has 1 heterocycles. The van der Waals surface area contributed by atoms with Gasteiger partial charge in [0, 0.05) is 19.0 Å². The normalized spacial score (nSPS) is 14.0. The van der Waals surface area contributed by atoms with E-state index >= 15 is 0 Å². The van der Waals surface area contributed by atoms with E-state index in [4.69, 9.17) is 5.73 Å². The summed E-state index contributed by atoms with van der Waals surface area (Å²) in [5, 5.41) is 8.38. The number of hydrogen-bond acceptors (Lipinski definition) is 3. The highest BCUT2D eigenvalue weighted by Crippen LogP contribution is 2.21. The van der Waals surface area contributed by atoms with Gasteiger partial charge in [0.15, 0.2) is 0 Å². The number of aryl methyl sites for hydroxylation is 1. The molecule has 0 aliphatic heterocycles. The van der Waals surface area contributed by atoms with Crippen molar-refractivity contribution in [1.82, 2.24) is 14.8 Å². The van der Waals surface area contributed by atoms with Crippen LogP contribution in [0.4, 0.5) is 0 Å². The largest absolute Gasteiger partial charge is 0.327 e. The minimum absolute atomic E-state index is 0.161. The predicted octanol–water partition coefficient (Wildman–Crippen LogP) is 2.30. The van der Waals surface area contributed by atoms with Crippen LogP contribution in [0.3, 0.4) is 0 Å². The van der Waals surface area contributed by atoms with Crippen molar-refractivity contribution in [2.24, 2.45) is 11.1 Å². The lowest BCUT2D eigenvalue weighted by Crippen LogP contribution is -2.29. The van der Waals surface area contributed by atoms with Gasteiger partial charge < -0.3 is 10.3 Å². The first-order chi connectivity index (χ1) is 7.83. The van der Waals surface area contributed by atoms with E-state index in [2.05, 4.69) is 42.5 Å². The molecule has 2 N–H and O–H groups in total. The van der Waals surface area contributed by atoms with E-state index in [9.17, 15) is 0 Å². The molecule has 0 bridgehead atoms. The molecule has 0 radical (unpaired) electrons. The molecule has 0 saturated heterocycles. The average molecular weight is 238 g/mol. The zero-order chi connectivity index (χ0) is 13.1. The van der Waals surface area contributed by atoms with Crippen LogP contribution in [0.25, 0.3) is 0 Å². The van der Waals surface area contributed by atoms with Crippen LogP contribution in [-0.4, -0.2) is 20.8 Å². The lowest BCUT2D eigenvalue weighted by Gasteiger charge is -2.23. The number of nitrogens with two attached hydrogens (primary N) is 1. The Kier molecular flexibility index (Phi) is 4.69. The predicted molar refractivity (Wildman–Crippen MR) is 70.8 cm³/mol. The fraction of sp³-hybridized carbons (Fsp3) is 0.846. The van der Waals surface area contributed by atoms with Crippen LogP contribution in [-0.2, 0) is 13.0 Å². The van der Waals surface area contributed by atoms with Crippen LogP contribution in [0, 0.1) is 12.3 Å². The third-order valence-corrected chi connectivity index (χ3v) is 2.78. The summed E-state index contributed by atoms with van der Waals surface area (Å²) < 4.78 is 2.18. The molecule has 0 saturated carbocycles. The molecule has 98 valence electrons. The van der Waals surface area contributed by atoms with E-state index in [1.165, 1.54) is 0 Å². The molecule has 0 amide bonds. The molecule has 1 atom stereocenters. The summed E-state index contributed by atoms with van der Waals surface area (Å²) in [6, 6.07) is 0.161. The van der Waals surface area contributed by atoms with Crippen LogP contribution in [0.2, 0.25) is 0 Å². The Bertz CT molecular complexity index is 349. The SMILES string of the molecule is CCCn1c(C)nnc1CC(N)CC(C)(C)C. The molecule has 1 unspecified atom stereocenters. The maximum atomic E-state index is 6.19. The molecule has 4 nitrogen and oxygen atoms in total. The maximum absolute atomic E-state index is 6.19. The summed E-state index contributed by atoms with van der Waals surface area (Å²) in [7, 11) is 0. The minimum Gasteiger partial charge on any atom is -0.327 e. The molecule has 0 fully saturated rings. The van der Waals surface area contributed by atoms with Crippen molar-refractivity contribution in [3.63, 3.8) is 0 Å². The van der Waals surface area contributed by atoms with Crippen molar-refractivity contribution in [1.29, 1.82) is 0 Å². The molecular formula is C13H26N4. The topological polar surface area (TPSA) is 56.7 Å². The van der Waals surface area contributed by atoms with Gasteiger partial charge in [-0.15, -0.1) is 10.2 Å². The Morgan fingerprint density at radius 2 is 1.94 bits per heavy atom. The van der Waals surface area contributed by atoms with Gasteiger partial charge in [-0.3, -0.25) is 0 Å². The molecule has 1 aromatic heterocycles. The Hall–Kier alpha value is -0.900. The molecular weight excluding hydrogens is 212 g/mol. The lowest BCUT2D eigenvalue weighted by molar-refractivity contribution is 0.334. The fourth-order valence-electron chi connectivity index (χ4n) is 2.18. The van der Waals surface area contributed by atoms with Crippen LogP contribution in [0.5, 0.6) is 0 Å². The third kappa shape index (κ3) is 4.46. The first-order valence-electron chi connectivity index (χ1n) is 6.47. The molecule has 1 rings (SSSR count). The van der Waals surface area contributed by atoms with Crippen molar-refractivity contribution < 1.29 is 0 Å². The zero-order valence-corrected chi connectivity index (χ0v) is 11.8. The first-order valence-corrected chi connectivity index (χ1v) is 6.47. The highest BCUT2D eigenvalue weighted by molar-refractivity contribution is 4.96. The van der Waals surface area contributed by atoms with Gasteiger partial charge in [0.1, 0.15) is 11.6 Å². The molecule has 0 aliphatic rings. The second-order valence-electron chi connectivity index (χ2n) is 6.04. The molecule has 1 aromatic rings. The Morgan fingerprint density at radius 1 is 1.29 bits per heavy atom. The van der Waals surface area contributed by atoms with Gasteiger partial charge >= 0.3 is 0 Å². The first kappa shape index (κ1) is 14.2. The molecule has 0 spiro atoms. The van der Waals surface area contributed by atoms with Gasteiger partial charge in [-0.25, -0.2) is 0 Å². The highest BCUT2D eigenvalue weighted by atomic mass is 15.3. The van der Waals surface area contributed by atoms with Gasteiger partial charge in [0.2, 0.25) is 0 Å². The van der Waals surface area contributed by atoms with Crippen LogP contribution >= 0.6 is 0 Å². The summed E-state index contributed by atoms with van der Waals surface area (Å²) in [6.45, 7) is 11.8. The Balaban J connectivity index is 2.68. The summed E-state index contributed by atoms with van der Waals surface area (Å²) in [5.74, 6) is 2.02. The maximum Gasteiger partial charge on any atom is 0.134 e. The van der Waals surface area contributed by atoms with Crippen molar-refractivity contribution in [3.05, 3.63) is 11.6 Å². The van der Waals surface area contributed by atoms with Gasteiger partial charge in [0.05, 0.1) is 0 Å². The second kappa shape index (κ2) is 5.63. The molecule has 4 heteroatoms. The summed E-state index contributed by atoms with van der Waals surface area (Å²) in [6.07, 6.45) is 2.92.